The molecule has 3 N–H and O–H groups in total. The average Bonchev–Trinajstić information content (AvgIpc) is 2.98. The van der Waals surface area contributed by atoms with E-state index in [4.69, 9.17) is 4.42 Å². The summed E-state index contributed by atoms with van der Waals surface area (Å²) in [6.07, 6.45) is 1.48. The molecule has 0 amide bonds. The molecule has 110 valence electrons. The second-order valence-electron chi connectivity index (χ2n) is 4.68. The summed E-state index contributed by atoms with van der Waals surface area (Å²) in [6, 6.07) is 4.77. The van der Waals surface area contributed by atoms with Crippen LogP contribution in [0, 0.1) is 6.92 Å². The van der Waals surface area contributed by atoms with Crippen LogP contribution in [0.25, 0.3) is 0 Å². The molecule has 0 spiro atoms. The van der Waals surface area contributed by atoms with E-state index in [2.05, 4.69) is 15.0 Å². The van der Waals surface area contributed by atoms with Crippen LogP contribution in [-0.4, -0.2) is 20.4 Å². The monoisotopic (exact) mass is 297 g/mol. The van der Waals surface area contributed by atoms with Crippen LogP contribution in [0.4, 0.5) is 0 Å². The van der Waals surface area contributed by atoms with Crippen molar-refractivity contribution in [3.63, 3.8) is 0 Å². The highest BCUT2D eigenvalue weighted by Gasteiger charge is 2.21. The van der Waals surface area contributed by atoms with Crippen LogP contribution in [0.5, 0.6) is 0 Å². The van der Waals surface area contributed by atoms with Gasteiger partial charge in [-0.1, -0.05) is 0 Å². The van der Waals surface area contributed by atoms with Crippen molar-refractivity contribution in [2.75, 3.05) is 7.05 Å². The predicted molar refractivity (Wildman–Crippen MR) is 75.7 cm³/mol. The lowest BCUT2D eigenvalue weighted by Gasteiger charge is -2.10. The number of sulfonamides is 1. The minimum absolute atomic E-state index is 0.220. The molecule has 0 fully saturated rings. The maximum atomic E-state index is 12.2. The van der Waals surface area contributed by atoms with Gasteiger partial charge in [0.05, 0.1) is 10.9 Å². The van der Waals surface area contributed by atoms with Gasteiger partial charge in [-0.3, -0.25) is 0 Å². The number of aromatic nitrogens is 1. The van der Waals surface area contributed by atoms with Crippen molar-refractivity contribution in [2.45, 2.75) is 31.3 Å². The van der Waals surface area contributed by atoms with Crippen LogP contribution in [-0.2, 0) is 16.6 Å². The van der Waals surface area contributed by atoms with Crippen LogP contribution in [0.2, 0.25) is 0 Å². The molecule has 0 bridgehead atoms. The van der Waals surface area contributed by atoms with Crippen LogP contribution in [0.3, 0.4) is 0 Å². The summed E-state index contributed by atoms with van der Waals surface area (Å²) in [6.45, 7) is 4.15. The molecule has 2 aromatic heterocycles. The Balaban J connectivity index is 2.13. The summed E-state index contributed by atoms with van der Waals surface area (Å²) in [4.78, 5) is 3.15. The standard InChI is InChI=1S/C13H19N3O3S/c1-9-4-5-13(19-9)10(2)16-20(17,18)12-6-11(7-14-3)15-8-12/h4-6,8,10,14-16H,7H2,1-3H3. The molecule has 0 aliphatic carbocycles. The Morgan fingerprint density at radius 2 is 2.15 bits per heavy atom. The number of hydrogen-bond acceptors (Lipinski definition) is 4. The van der Waals surface area contributed by atoms with Crippen molar-refractivity contribution >= 4 is 10.0 Å². The number of hydrogen-bond donors (Lipinski definition) is 3. The molecule has 7 heteroatoms. The Hall–Kier alpha value is -1.57. The molecule has 1 unspecified atom stereocenters. The number of furan rings is 1. The van der Waals surface area contributed by atoms with Gasteiger partial charge in [0, 0.05) is 18.4 Å². The maximum Gasteiger partial charge on any atom is 0.242 e. The van der Waals surface area contributed by atoms with Crippen LogP contribution >= 0.6 is 0 Å². The van der Waals surface area contributed by atoms with Gasteiger partial charge < -0.3 is 14.7 Å². The smallest absolute Gasteiger partial charge is 0.242 e. The van der Waals surface area contributed by atoms with E-state index in [1.165, 1.54) is 6.20 Å². The first-order valence-electron chi connectivity index (χ1n) is 6.33. The van der Waals surface area contributed by atoms with Crippen LogP contribution in [0.15, 0.2) is 33.7 Å². The molecule has 0 aliphatic heterocycles. The van der Waals surface area contributed by atoms with Crippen molar-refractivity contribution in [3.8, 4) is 0 Å². The molecule has 0 radical (unpaired) electrons. The predicted octanol–water partition coefficient (Wildman–Crippen LogP) is 1.68. The van der Waals surface area contributed by atoms with Gasteiger partial charge >= 0.3 is 0 Å². The fourth-order valence-electron chi connectivity index (χ4n) is 1.91. The van der Waals surface area contributed by atoms with Gasteiger partial charge in [-0.25, -0.2) is 13.1 Å². The van der Waals surface area contributed by atoms with Crippen molar-refractivity contribution in [1.82, 2.24) is 15.0 Å². The van der Waals surface area contributed by atoms with E-state index < -0.39 is 16.1 Å². The highest BCUT2D eigenvalue weighted by Crippen LogP contribution is 2.19. The first kappa shape index (κ1) is 14.8. The first-order valence-corrected chi connectivity index (χ1v) is 7.81. The lowest BCUT2D eigenvalue weighted by molar-refractivity contribution is 0.441. The molecule has 0 saturated carbocycles. The zero-order valence-corrected chi connectivity index (χ0v) is 12.5. The minimum Gasteiger partial charge on any atom is -0.465 e. The fourth-order valence-corrected chi connectivity index (χ4v) is 3.14. The number of H-pyrrole nitrogens is 1. The number of aromatic amines is 1. The number of nitrogens with one attached hydrogen (secondary N) is 3. The van der Waals surface area contributed by atoms with Gasteiger partial charge in [0.1, 0.15) is 11.5 Å². The normalized spacial score (nSPS) is 13.6. The van der Waals surface area contributed by atoms with Crippen LogP contribution < -0.4 is 10.0 Å². The van der Waals surface area contributed by atoms with E-state index in [1.54, 1.807) is 32.2 Å². The van der Waals surface area contributed by atoms with Gasteiger partial charge in [-0.2, -0.15) is 0 Å². The second-order valence-corrected chi connectivity index (χ2v) is 6.40. The SMILES string of the molecule is CNCc1cc(S(=O)(=O)NC(C)c2ccc(C)o2)c[nH]1. The molecular weight excluding hydrogens is 278 g/mol. The van der Waals surface area contributed by atoms with E-state index >= 15 is 0 Å². The maximum absolute atomic E-state index is 12.2. The Kier molecular flexibility index (Phi) is 4.32. The summed E-state index contributed by atoms with van der Waals surface area (Å²) in [5, 5.41) is 2.96. The topological polar surface area (TPSA) is 87.1 Å². The van der Waals surface area contributed by atoms with Gasteiger partial charge in [-0.15, -0.1) is 0 Å². The Morgan fingerprint density at radius 1 is 1.40 bits per heavy atom. The zero-order chi connectivity index (χ0) is 14.8. The molecule has 1 atom stereocenters. The molecule has 0 aromatic carbocycles. The molecular formula is C13H19N3O3S. The summed E-state index contributed by atoms with van der Waals surface area (Å²) < 4.78 is 32.5. The molecule has 6 nitrogen and oxygen atoms in total. The van der Waals surface area contributed by atoms with Gasteiger partial charge in [0.25, 0.3) is 0 Å². The van der Waals surface area contributed by atoms with Crippen LogP contribution in [0.1, 0.15) is 30.2 Å². The summed E-state index contributed by atoms with van der Waals surface area (Å²) in [5.41, 5.74) is 0.814. The highest BCUT2D eigenvalue weighted by molar-refractivity contribution is 7.89. The zero-order valence-electron chi connectivity index (χ0n) is 11.7. The van der Waals surface area contributed by atoms with E-state index in [-0.39, 0.29) is 4.90 Å². The van der Waals surface area contributed by atoms with Crippen molar-refractivity contribution < 1.29 is 12.8 Å². The Morgan fingerprint density at radius 3 is 2.75 bits per heavy atom. The number of aryl methyl sites for hydroxylation is 1. The molecule has 2 aromatic rings. The lowest BCUT2D eigenvalue weighted by atomic mass is 10.3. The molecule has 0 saturated heterocycles. The highest BCUT2D eigenvalue weighted by atomic mass is 32.2. The largest absolute Gasteiger partial charge is 0.465 e. The lowest BCUT2D eigenvalue weighted by Crippen LogP contribution is -2.26. The van der Waals surface area contributed by atoms with E-state index in [0.717, 1.165) is 11.5 Å². The minimum atomic E-state index is -3.56. The second kappa shape index (κ2) is 5.82. The summed E-state index contributed by atoms with van der Waals surface area (Å²) in [7, 11) is -1.76. The van der Waals surface area contributed by atoms with Gasteiger partial charge in [0.2, 0.25) is 10.0 Å². The third kappa shape index (κ3) is 3.30. The molecule has 20 heavy (non-hydrogen) atoms. The quantitative estimate of drug-likeness (QED) is 0.757. The van der Waals surface area contributed by atoms with Crippen molar-refractivity contribution in [1.29, 1.82) is 0 Å². The summed E-state index contributed by atoms with van der Waals surface area (Å²) >= 11 is 0. The van der Waals surface area contributed by atoms with E-state index in [1.807, 2.05) is 6.92 Å². The summed E-state index contributed by atoms with van der Waals surface area (Å²) in [5.74, 6) is 1.35. The molecule has 0 aliphatic rings. The van der Waals surface area contributed by atoms with Gasteiger partial charge in [-0.05, 0) is 39.1 Å². The fraction of sp³-hybridized carbons (Fsp3) is 0.385. The molecule has 2 heterocycles. The average molecular weight is 297 g/mol. The van der Waals surface area contributed by atoms with Crippen molar-refractivity contribution in [2.24, 2.45) is 0 Å². The Bertz CT molecular complexity index is 673. The first-order chi connectivity index (χ1) is 9.42. The Labute approximate surface area is 118 Å². The third-order valence-electron chi connectivity index (χ3n) is 2.91. The van der Waals surface area contributed by atoms with Crippen molar-refractivity contribution in [3.05, 3.63) is 41.6 Å². The van der Waals surface area contributed by atoms with Gasteiger partial charge in [0.15, 0.2) is 0 Å². The number of rotatable bonds is 6. The third-order valence-corrected chi connectivity index (χ3v) is 4.43. The molecule has 2 rings (SSSR count). The van der Waals surface area contributed by atoms with E-state index in [9.17, 15) is 8.42 Å². The van der Waals surface area contributed by atoms with E-state index in [0.29, 0.717) is 12.3 Å².